The van der Waals surface area contributed by atoms with Crippen LogP contribution >= 0.6 is 0 Å². The molecule has 0 unspecified atom stereocenters. The first kappa shape index (κ1) is 20.8. The highest BCUT2D eigenvalue weighted by molar-refractivity contribution is 5.68. The molecule has 2 aliphatic rings. The van der Waals surface area contributed by atoms with Crippen molar-refractivity contribution in [3.05, 3.63) is 0 Å². The van der Waals surface area contributed by atoms with E-state index < -0.39 is 5.60 Å². The van der Waals surface area contributed by atoms with Gasteiger partial charge in [0, 0.05) is 32.2 Å². The van der Waals surface area contributed by atoms with E-state index in [2.05, 4.69) is 5.32 Å². The van der Waals surface area contributed by atoms with Crippen LogP contribution in [0.25, 0.3) is 0 Å². The maximum atomic E-state index is 12.2. The summed E-state index contributed by atoms with van der Waals surface area (Å²) in [6.45, 7) is 11.9. The third-order valence-corrected chi connectivity index (χ3v) is 4.91. The molecule has 0 aromatic heterocycles. The number of likely N-dealkylation sites (tertiary alicyclic amines) is 2. The molecule has 0 aromatic rings. The molecule has 2 amide bonds. The molecule has 0 bridgehead atoms. The summed E-state index contributed by atoms with van der Waals surface area (Å²) in [4.78, 5) is 27.6. The van der Waals surface area contributed by atoms with E-state index in [0.29, 0.717) is 25.1 Å². The second-order valence-corrected chi connectivity index (χ2v) is 8.30. The minimum atomic E-state index is -0.454. The van der Waals surface area contributed by atoms with E-state index >= 15 is 0 Å². The van der Waals surface area contributed by atoms with E-state index in [1.165, 1.54) is 0 Å². The van der Waals surface area contributed by atoms with Crippen molar-refractivity contribution in [2.24, 2.45) is 5.92 Å². The van der Waals surface area contributed by atoms with E-state index in [9.17, 15) is 9.59 Å². The van der Waals surface area contributed by atoms with Crippen molar-refractivity contribution < 1.29 is 19.1 Å². The highest BCUT2D eigenvalue weighted by Gasteiger charge is 2.29. The van der Waals surface area contributed by atoms with E-state index in [0.717, 1.165) is 51.9 Å². The SMILES string of the molecule is CCOC(=O)N1CCC(CN[C@@H]2CCCN(C(=O)OC(C)(C)C)C2)CC1. The standard InChI is InChI=1S/C19H35N3O4/c1-5-25-17(23)21-11-8-15(9-12-21)13-20-16-7-6-10-22(14-16)18(24)26-19(2,3)4/h15-16,20H,5-14H2,1-4H3/t16-/m1/s1. The van der Waals surface area contributed by atoms with E-state index in [4.69, 9.17) is 9.47 Å². The average molecular weight is 370 g/mol. The lowest BCUT2D eigenvalue weighted by Crippen LogP contribution is -2.50. The molecule has 26 heavy (non-hydrogen) atoms. The lowest BCUT2D eigenvalue weighted by atomic mass is 9.96. The molecule has 2 heterocycles. The highest BCUT2D eigenvalue weighted by atomic mass is 16.6. The highest BCUT2D eigenvalue weighted by Crippen LogP contribution is 2.19. The smallest absolute Gasteiger partial charge is 0.410 e. The largest absolute Gasteiger partial charge is 0.450 e. The van der Waals surface area contributed by atoms with Crippen molar-refractivity contribution in [2.45, 2.75) is 65.0 Å². The zero-order chi connectivity index (χ0) is 19.2. The summed E-state index contributed by atoms with van der Waals surface area (Å²) in [6.07, 6.45) is 3.66. The van der Waals surface area contributed by atoms with E-state index in [1.807, 2.05) is 32.6 Å². The topological polar surface area (TPSA) is 71.1 Å². The number of carbonyl (C=O) groups is 2. The molecular formula is C19H35N3O4. The molecule has 0 saturated carbocycles. The van der Waals surface area contributed by atoms with Gasteiger partial charge in [-0.1, -0.05) is 0 Å². The van der Waals surface area contributed by atoms with Crippen LogP contribution in [-0.2, 0) is 9.47 Å². The Kier molecular flexibility index (Phi) is 7.55. The van der Waals surface area contributed by atoms with Gasteiger partial charge < -0.3 is 24.6 Å². The first-order valence-corrected chi connectivity index (χ1v) is 9.91. The van der Waals surface area contributed by atoms with Crippen LogP contribution in [0.3, 0.4) is 0 Å². The first-order chi connectivity index (χ1) is 12.3. The van der Waals surface area contributed by atoms with Crippen molar-refractivity contribution in [3.8, 4) is 0 Å². The van der Waals surface area contributed by atoms with Crippen LogP contribution in [0, 0.1) is 5.92 Å². The number of amides is 2. The molecule has 2 saturated heterocycles. The Morgan fingerprint density at radius 3 is 2.35 bits per heavy atom. The van der Waals surface area contributed by atoms with Gasteiger partial charge in [-0.25, -0.2) is 9.59 Å². The number of ether oxygens (including phenoxy) is 2. The molecule has 0 aliphatic carbocycles. The van der Waals surface area contributed by atoms with Crippen LogP contribution in [-0.4, -0.2) is 73.0 Å². The summed E-state index contributed by atoms with van der Waals surface area (Å²) in [5.74, 6) is 0.567. The summed E-state index contributed by atoms with van der Waals surface area (Å²) in [6, 6.07) is 0.319. The van der Waals surface area contributed by atoms with Gasteiger partial charge in [0.1, 0.15) is 5.60 Å². The second-order valence-electron chi connectivity index (χ2n) is 8.30. The zero-order valence-electron chi connectivity index (χ0n) is 16.8. The van der Waals surface area contributed by atoms with Gasteiger partial charge in [0.05, 0.1) is 6.61 Å². The molecule has 2 aliphatic heterocycles. The molecule has 7 nitrogen and oxygen atoms in total. The summed E-state index contributed by atoms with van der Waals surface area (Å²) >= 11 is 0. The van der Waals surface area contributed by atoms with Crippen molar-refractivity contribution in [3.63, 3.8) is 0 Å². The van der Waals surface area contributed by atoms with Crippen molar-refractivity contribution in [1.82, 2.24) is 15.1 Å². The quantitative estimate of drug-likeness (QED) is 0.825. The lowest BCUT2D eigenvalue weighted by molar-refractivity contribution is 0.0185. The van der Waals surface area contributed by atoms with Gasteiger partial charge >= 0.3 is 12.2 Å². The van der Waals surface area contributed by atoms with Gasteiger partial charge in [0.25, 0.3) is 0 Å². The van der Waals surface area contributed by atoms with Crippen LogP contribution in [0.1, 0.15) is 53.4 Å². The van der Waals surface area contributed by atoms with Gasteiger partial charge in [-0.15, -0.1) is 0 Å². The van der Waals surface area contributed by atoms with E-state index in [-0.39, 0.29) is 12.2 Å². The summed E-state index contributed by atoms with van der Waals surface area (Å²) in [7, 11) is 0. The molecule has 1 atom stereocenters. The lowest BCUT2D eigenvalue weighted by Gasteiger charge is -2.36. The van der Waals surface area contributed by atoms with Crippen molar-refractivity contribution >= 4 is 12.2 Å². The molecule has 2 rings (SSSR count). The number of rotatable bonds is 4. The maximum Gasteiger partial charge on any atom is 0.410 e. The zero-order valence-corrected chi connectivity index (χ0v) is 16.8. The van der Waals surface area contributed by atoms with Crippen LogP contribution in [0.4, 0.5) is 9.59 Å². The predicted molar refractivity (Wildman–Crippen MR) is 100 cm³/mol. The Labute approximate surface area is 157 Å². The number of piperidine rings is 2. The van der Waals surface area contributed by atoms with Gasteiger partial charge in [-0.3, -0.25) is 0 Å². The fourth-order valence-corrected chi connectivity index (χ4v) is 3.50. The first-order valence-electron chi connectivity index (χ1n) is 9.91. The van der Waals surface area contributed by atoms with Gasteiger partial charge in [-0.2, -0.15) is 0 Å². The molecule has 1 N–H and O–H groups in total. The Bertz CT molecular complexity index is 470. The van der Waals surface area contributed by atoms with Crippen molar-refractivity contribution in [2.75, 3.05) is 39.3 Å². The minimum absolute atomic E-state index is 0.195. The van der Waals surface area contributed by atoms with Crippen LogP contribution in [0.15, 0.2) is 0 Å². The molecular weight excluding hydrogens is 334 g/mol. The Morgan fingerprint density at radius 1 is 1.04 bits per heavy atom. The number of hydrogen-bond acceptors (Lipinski definition) is 5. The Balaban J connectivity index is 1.70. The summed E-state index contributed by atoms with van der Waals surface area (Å²) in [5.41, 5.74) is -0.454. The third-order valence-electron chi connectivity index (χ3n) is 4.91. The van der Waals surface area contributed by atoms with Gasteiger partial charge in [0.15, 0.2) is 0 Å². The Hall–Kier alpha value is -1.50. The van der Waals surface area contributed by atoms with Crippen LogP contribution in [0.2, 0.25) is 0 Å². The average Bonchev–Trinajstić information content (AvgIpc) is 2.59. The summed E-state index contributed by atoms with van der Waals surface area (Å²) in [5, 5.41) is 3.62. The van der Waals surface area contributed by atoms with Crippen molar-refractivity contribution in [1.29, 1.82) is 0 Å². The molecule has 2 fully saturated rings. The molecule has 0 aromatic carbocycles. The Morgan fingerprint density at radius 2 is 1.73 bits per heavy atom. The number of nitrogens with zero attached hydrogens (tertiary/aromatic N) is 2. The number of nitrogens with one attached hydrogen (secondary N) is 1. The summed E-state index contributed by atoms with van der Waals surface area (Å²) < 4.78 is 10.5. The van der Waals surface area contributed by atoms with Crippen LogP contribution in [0.5, 0.6) is 0 Å². The fourth-order valence-electron chi connectivity index (χ4n) is 3.50. The minimum Gasteiger partial charge on any atom is -0.450 e. The molecule has 7 heteroatoms. The maximum absolute atomic E-state index is 12.2. The van der Waals surface area contributed by atoms with Gasteiger partial charge in [-0.05, 0) is 65.8 Å². The number of carbonyl (C=O) groups excluding carboxylic acids is 2. The number of hydrogen-bond donors (Lipinski definition) is 1. The molecule has 0 radical (unpaired) electrons. The molecule has 150 valence electrons. The normalized spacial score (nSPS) is 22.2. The molecule has 0 spiro atoms. The van der Waals surface area contributed by atoms with Gasteiger partial charge in [0.2, 0.25) is 0 Å². The van der Waals surface area contributed by atoms with Crippen LogP contribution < -0.4 is 5.32 Å². The third kappa shape index (κ3) is 6.67. The second kappa shape index (κ2) is 9.44. The fraction of sp³-hybridized carbons (Fsp3) is 0.895. The predicted octanol–water partition coefficient (Wildman–Crippen LogP) is 2.84. The van der Waals surface area contributed by atoms with E-state index in [1.54, 1.807) is 4.90 Å². The monoisotopic (exact) mass is 369 g/mol.